The van der Waals surface area contributed by atoms with Gasteiger partial charge in [-0.05, 0) is 68.9 Å². The van der Waals surface area contributed by atoms with E-state index in [1.165, 1.54) is 5.56 Å². The minimum atomic E-state index is -0.500. The highest BCUT2D eigenvalue weighted by Gasteiger charge is 2.25. The standard InChI is InChI=1S/C21H24ClN3O2/c1-21(2,3)27-20(26)24-13-8-16-6-7-19(22)18(17(16)9-14-24)10-15-25-12-5-4-11-23-25/h4-7,11-12,23H,8-9,13-14H2,1-3H3. The van der Waals surface area contributed by atoms with E-state index in [4.69, 9.17) is 16.3 Å². The van der Waals surface area contributed by atoms with E-state index >= 15 is 0 Å². The van der Waals surface area contributed by atoms with Crippen molar-refractivity contribution in [2.75, 3.05) is 13.1 Å². The van der Waals surface area contributed by atoms with E-state index in [2.05, 4.69) is 17.4 Å². The molecular formula is C21H24ClN3O2. The van der Waals surface area contributed by atoms with Crippen LogP contribution >= 0.6 is 11.6 Å². The number of nitrogens with zero attached hydrogens (tertiary/aromatic N) is 2. The molecule has 3 rings (SSSR count). The zero-order valence-electron chi connectivity index (χ0n) is 15.9. The number of rotatable bonds is 0. The van der Waals surface area contributed by atoms with Gasteiger partial charge in [-0.1, -0.05) is 17.7 Å². The summed E-state index contributed by atoms with van der Waals surface area (Å²) in [5.41, 5.74) is 5.63. The van der Waals surface area contributed by atoms with E-state index < -0.39 is 5.60 Å². The Morgan fingerprint density at radius 1 is 1.22 bits per heavy atom. The summed E-state index contributed by atoms with van der Waals surface area (Å²) in [6.45, 7) is 6.84. The second kappa shape index (κ2) is 7.98. The molecule has 0 saturated carbocycles. The number of carbonyl (C=O) groups excluding carboxylic acids is 1. The number of carbonyl (C=O) groups is 1. The number of nitrogens with one attached hydrogen (secondary N) is 1. The highest BCUT2D eigenvalue weighted by atomic mass is 35.5. The maximum absolute atomic E-state index is 12.4. The summed E-state index contributed by atoms with van der Waals surface area (Å²) >= 11 is 6.44. The number of halogens is 1. The van der Waals surface area contributed by atoms with Crippen LogP contribution in [0.1, 0.15) is 37.5 Å². The predicted octanol–water partition coefficient (Wildman–Crippen LogP) is 3.83. The first-order valence-electron chi connectivity index (χ1n) is 9.02. The first-order chi connectivity index (χ1) is 12.8. The molecule has 0 radical (unpaired) electrons. The number of ether oxygens (including phenoxy) is 1. The molecule has 0 atom stereocenters. The zero-order chi connectivity index (χ0) is 19.4. The van der Waals surface area contributed by atoms with Crippen LogP contribution in [0.15, 0.2) is 36.7 Å². The molecule has 0 unspecified atom stereocenters. The van der Waals surface area contributed by atoms with Crippen LogP contribution in [-0.4, -0.2) is 34.7 Å². The molecule has 0 aromatic heterocycles. The van der Waals surface area contributed by atoms with E-state index in [9.17, 15) is 4.79 Å². The lowest BCUT2D eigenvalue weighted by molar-refractivity contribution is 0.0258. The van der Waals surface area contributed by atoms with Crippen LogP contribution in [0, 0.1) is 12.0 Å². The Morgan fingerprint density at radius 3 is 2.70 bits per heavy atom. The van der Waals surface area contributed by atoms with Crippen molar-refractivity contribution in [3.63, 3.8) is 0 Å². The molecule has 1 aromatic rings. The quantitative estimate of drug-likeness (QED) is 0.689. The van der Waals surface area contributed by atoms with Gasteiger partial charge >= 0.3 is 6.09 Å². The fourth-order valence-corrected chi connectivity index (χ4v) is 3.21. The van der Waals surface area contributed by atoms with E-state index in [0.29, 0.717) is 24.5 Å². The highest BCUT2D eigenvalue weighted by Crippen LogP contribution is 2.26. The smallest absolute Gasteiger partial charge is 0.410 e. The Hall–Kier alpha value is -2.58. The van der Waals surface area contributed by atoms with Gasteiger partial charge < -0.3 is 9.64 Å². The summed E-state index contributed by atoms with van der Waals surface area (Å²) in [4.78, 5) is 14.2. The molecule has 0 spiro atoms. The molecule has 0 aliphatic carbocycles. The van der Waals surface area contributed by atoms with Crippen LogP contribution in [0.5, 0.6) is 0 Å². The number of hydrogen-bond donors (Lipinski definition) is 1. The van der Waals surface area contributed by atoms with Gasteiger partial charge in [-0.2, -0.15) is 0 Å². The number of hydrazine groups is 1. The lowest BCUT2D eigenvalue weighted by Crippen LogP contribution is -2.38. The normalized spacial score (nSPS) is 16.0. The highest BCUT2D eigenvalue weighted by molar-refractivity contribution is 6.31. The Bertz CT molecular complexity index is 843. The molecule has 5 nitrogen and oxygen atoms in total. The summed E-state index contributed by atoms with van der Waals surface area (Å²) in [5.74, 6) is 3.18. The zero-order valence-corrected chi connectivity index (χ0v) is 16.6. The summed E-state index contributed by atoms with van der Waals surface area (Å²) in [6, 6.07) is 6.97. The molecule has 1 amide bonds. The van der Waals surface area contributed by atoms with Crippen molar-refractivity contribution < 1.29 is 9.53 Å². The summed E-state index contributed by atoms with van der Waals surface area (Å²) < 4.78 is 5.52. The molecule has 2 heterocycles. The van der Waals surface area contributed by atoms with Crippen molar-refractivity contribution in [3.05, 3.63) is 58.4 Å². The number of fused-ring (bicyclic) bond motifs is 1. The van der Waals surface area contributed by atoms with Gasteiger partial charge in [-0.3, -0.25) is 5.43 Å². The third kappa shape index (κ3) is 4.99. The van der Waals surface area contributed by atoms with Gasteiger partial charge in [0.05, 0.1) is 5.02 Å². The van der Waals surface area contributed by atoms with Crippen LogP contribution in [0.3, 0.4) is 0 Å². The van der Waals surface area contributed by atoms with E-state index in [-0.39, 0.29) is 6.09 Å². The van der Waals surface area contributed by atoms with Gasteiger partial charge in [0.15, 0.2) is 0 Å². The van der Waals surface area contributed by atoms with E-state index in [1.54, 1.807) is 16.1 Å². The van der Waals surface area contributed by atoms with Gasteiger partial charge in [0.1, 0.15) is 5.60 Å². The predicted molar refractivity (Wildman–Crippen MR) is 107 cm³/mol. The lowest BCUT2D eigenvalue weighted by Gasteiger charge is -2.26. The largest absolute Gasteiger partial charge is 0.444 e. The van der Waals surface area contributed by atoms with Gasteiger partial charge in [0, 0.05) is 37.1 Å². The Morgan fingerprint density at radius 2 is 2.00 bits per heavy atom. The molecule has 27 heavy (non-hydrogen) atoms. The average molecular weight is 386 g/mol. The second-order valence-electron chi connectivity index (χ2n) is 7.46. The molecule has 1 N–H and O–H groups in total. The SMILES string of the molecule is CC(C)(C)OC(=O)N1CCc2ccc(Cl)c(C#CN3C=CC=CN3)c2CC1. The summed E-state index contributed by atoms with van der Waals surface area (Å²) in [6.07, 6.45) is 8.62. The van der Waals surface area contributed by atoms with Gasteiger partial charge in [0.25, 0.3) is 0 Å². The van der Waals surface area contributed by atoms with Crippen molar-refractivity contribution in [3.8, 4) is 12.0 Å². The fraction of sp³-hybridized carbons (Fsp3) is 0.381. The van der Waals surface area contributed by atoms with Gasteiger partial charge in [0.2, 0.25) is 0 Å². The van der Waals surface area contributed by atoms with E-state index in [1.807, 2.05) is 51.3 Å². The molecule has 1 aromatic carbocycles. The Labute approximate surface area is 165 Å². The van der Waals surface area contributed by atoms with Gasteiger partial charge in [-0.25, -0.2) is 9.80 Å². The first-order valence-corrected chi connectivity index (χ1v) is 9.40. The third-order valence-electron chi connectivity index (χ3n) is 4.25. The van der Waals surface area contributed by atoms with Crippen LogP contribution in [0.4, 0.5) is 4.79 Å². The van der Waals surface area contributed by atoms with Crippen LogP contribution in [0.2, 0.25) is 5.02 Å². The molecule has 0 saturated heterocycles. The van der Waals surface area contributed by atoms with Crippen molar-refractivity contribution in [2.24, 2.45) is 0 Å². The summed E-state index contributed by atoms with van der Waals surface area (Å²) in [5, 5.41) is 2.31. The van der Waals surface area contributed by atoms with Crippen molar-refractivity contribution in [1.29, 1.82) is 0 Å². The first kappa shape index (κ1) is 19.2. The second-order valence-corrected chi connectivity index (χ2v) is 7.87. The summed E-state index contributed by atoms with van der Waals surface area (Å²) in [7, 11) is 0. The van der Waals surface area contributed by atoms with E-state index in [0.717, 1.165) is 17.5 Å². The lowest BCUT2D eigenvalue weighted by atomic mass is 9.97. The average Bonchev–Trinajstić information content (AvgIpc) is 2.83. The molecule has 6 heteroatoms. The number of amides is 1. The minimum absolute atomic E-state index is 0.275. The topological polar surface area (TPSA) is 44.8 Å². The molecular weight excluding hydrogens is 362 g/mol. The van der Waals surface area contributed by atoms with Crippen LogP contribution in [0.25, 0.3) is 0 Å². The van der Waals surface area contributed by atoms with Crippen molar-refractivity contribution >= 4 is 17.7 Å². The van der Waals surface area contributed by atoms with Crippen molar-refractivity contribution in [1.82, 2.24) is 15.3 Å². The molecule has 142 valence electrons. The number of allylic oxidation sites excluding steroid dienone is 2. The Balaban J connectivity index is 1.80. The number of benzene rings is 1. The number of hydrogen-bond acceptors (Lipinski definition) is 4. The molecule has 2 aliphatic heterocycles. The Kier molecular flexibility index (Phi) is 5.67. The maximum Gasteiger partial charge on any atom is 0.410 e. The molecule has 0 fully saturated rings. The van der Waals surface area contributed by atoms with Gasteiger partial charge in [-0.15, -0.1) is 0 Å². The fourth-order valence-electron chi connectivity index (χ4n) is 2.98. The van der Waals surface area contributed by atoms with Crippen LogP contribution in [-0.2, 0) is 17.6 Å². The maximum atomic E-state index is 12.4. The van der Waals surface area contributed by atoms with Crippen LogP contribution < -0.4 is 5.43 Å². The molecule has 0 bridgehead atoms. The third-order valence-corrected chi connectivity index (χ3v) is 4.57. The monoisotopic (exact) mass is 385 g/mol. The molecule has 2 aliphatic rings. The minimum Gasteiger partial charge on any atom is -0.444 e. The van der Waals surface area contributed by atoms with Crippen molar-refractivity contribution in [2.45, 2.75) is 39.2 Å².